The third-order valence-electron chi connectivity index (χ3n) is 2.72. The van der Waals surface area contributed by atoms with Gasteiger partial charge in [-0.3, -0.25) is 14.9 Å². The number of nitrogens with zero attached hydrogens (tertiary/aromatic N) is 1. The first-order valence-electron chi connectivity index (χ1n) is 6.14. The standard InChI is InChI=1S/C15H10BrClN2O3/c16-13-9-12(19(21)22)6-7-14(13)18-15(20)8-3-10-1-4-11(17)5-2-10/h1-9H,(H,18,20). The minimum atomic E-state index is -0.503. The summed E-state index contributed by atoms with van der Waals surface area (Å²) >= 11 is 8.97. The molecule has 0 aliphatic carbocycles. The summed E-state index contributed by atoms with van der Waals surface area (Å²) in [4.78, 5) is 22.0. The van der Waals surface area contributed by atoms with Gasteiger partial charge < -0.3 is 5.32 Å². The molecule has 2 rings (SSSR count). The van der Waals surface area contributed by atoms with E-state index < -0.39 is 4.92 Å². The normalized spacial score (nSPS) is 10.6. The molecular formula is C15H10BrClN2O3. The highest BCUT2D eigenvalue weighted by atomic mass is 79.9. The fourth-order valence-corrected chi connectivity index (χ4v) is 2.23. The van der Waals surface area contributed by atoms with E-state index in [0.717, 1.165) is 5.56 Å². The Kier molecular flexibility index (Phi) is 5.30. The summed E-state index contributed by atoms with van der Waals surface area (Å²) in [7, 11) is 0. The van der Waals surface area contributed by atoms with Gasteiger partial charge in [0.25, 0.3) is 5.69 Å². The average Bonchev–Trinajstić information content (AvgIpc) is 2.48. The maximum absolute atomic E-state index is 11.8. The fraction of sp³-hybridized carbons (Fsp3) is 0. The van der Waals surface area contributed by atoms with Crippen molar-refractivity contribution in [3.8, 4) is 0 Å². The lowest BCUT2D eigenvalue weighted by atomic mass is 10.2. The Bertz CT molecular complexity index is 745. The summed E-state index contributed by atoms with van der Waals surface area (Å²) in [6.07, 6.45) is 3.02. The molecule has 0 saturated carbocycles. The van der Waals surface area contributed by atoms with Crippen LogP contribution >= 0.6 is 27.5 Å². The van der Waals surface area contributed by atoms with Gasteiger partial charge in [-0.15, -0.1) is 0 Å². The van der Waals surface area contributed by atoms with Crippen LogP contribution in [0.1, 0.15) is 5.56 Å². The van der Waals surface area contributed by atoms with Gasteiger partial charge in [-0.2, -0.15) is 0 Å². The van der Waals surface area contributed by atoms with Gasteiger partial charge in [-0.1, -0.05) is 23.7 Å². The SMILES string of the molecule is O=C(C=Cc1ccc(Cl)cc1)Nc1ccc([N+](=O)[O-])cc1Br. The van der Waals surface area contributed by atoms with Crippen molar-refractivity contribution in [3.63, 3.8) is 0 Å². The number of non-ortho nitro benzene ring substituents is 1. The monoisotopic (exact) mass is 380 g/mol. The molecule has 7 heteroatoms. The van der Waals surface area contributed by atoms with E-state index in [1.165, 1.54) is 24.3 Å². The zero-order valence-corrected chi connectivity index (χ0v) is 13.5. The third-order valence-corrected chi connectivity index (χ3v) is 3.63. The second-order valence-corrected chi connectivity index (χ2v) is 5.59. The number of carbonyl (C=O) groups excluding carboxylic acids is 1. The molecule has 0 saturated heterocycles. The van der Waals surface area contributed by atoms with Crippen LogP contribution in [-0.4, -0.2) is 10.8 Å². The number of anilines is 1. The minimum absolute atomic E-state index is 0.0541. The predicted octanol–water partition coefficient (Wildman–Crippen LogP) is 4.66. The van der Waals surface area contributed by atoms with Crippen LogP contribution in [0.15, 0.2) is 53.0 Å². The molecule has 0 aliphatic rings. The van der Waals surface area contributed by atoms with Crippen molar-refractivity contribution < 1.29 is 9.72 Å². The van der Waals surface area contributed by atoms with Gasteiger partial charge in [0.1, 0.15) is 0 Å². The number of carbonyl (C=O) groups is 1. The van der Waals surface area contributed by atoms with Crippen LogP contribution in [0.5, 0.6) is 0 Å². The molecule has 0 bridgehead atoms. The van der Waals surface area contributed by atoms with Gasteiger partial charge in [0.2, 0.25) is 5.91 Å². The van der Waals surface area contributed by atoms with Crippen molar-refractivity contribution in [2.45, 2.75) is 0 Å². The van der Waals surface area contributed by atoms with Crippen molar-refractivity contribution in [2.75, 3.05) is 5.32 Å². The molecule has 2 aromatic carbocycles. The quantitative estimate of drug-likeness (QED) is 0.475. The van der Waals surface area contributed by atoms with Gasteiger partial charge >= 0.3 is 0 Å². The lowest BCUT2D eigenvalue weighted by molar-refractivity contribution is -0.384. The van der Waals surface area contributed by atoms with E-state index in [1.807, 2.05) is 0 Å². The van der Waals surface area contributed by atoms with Crippen LogP contribution in [0.3, 0.4) is 0 Å². The Hall–Kier alpha value is -2.18. The second-order valence-electron chi connectivity index (χ2n) is 4.30. The molecular weight excluding hydrogens is 372 g/mol. The van der Waals surface area contributed by atoms with Gasteiger partial charge in [-0.05, 0) is 45.8 Å². The van der Waals surface area contributed by atoms with Crippen molar-refractivity contribution >= 4 is 50.9 Å². The van der Waals surface area contributed by atoms with Gasteiger partial charge in [-0.25, -0.2) is 0 Å². The van der Waals surface area contributed by atoms with E-state index in [4.69, 9.17) is 11.6 Å². The van der Waals surface area contributed by atoms with Crippen LogP contribution in [0.25, 0.3) is 6.08 Å². The highest BCUT2D eigenvalue weighted by molar-refractivity contribution is 9.10. The lowest BCUT2D eigenvalue weighted by Crippen LogP contribution is -2.08. The summed E-state index contributed by atoms with van der Waals surface area (Å²) in [5.74, 6) is -0.343. The fourth-order valence-electron chi connectivity index (χ4n) is 1.64. The van der Waals surface area contributed by atoms with E-state index in [-0.39, 0.29) is 11.6 Å². The number of nitrogens with one attached hydrogen (secondary N) is 1. The molecule has 0 heterocycles. The number of benzene rings is 2. The van der Waals surface area contributed by atoms with Crippen LogP contribution in [0.2, 0.25) is 5.02 Å². The molecule has 0 atom stereocenters. The van der Waals surface area contributed by atoms with Crippen molar-refractivity contribution in [3.05, 3.63) is 73.7 Å². The molecule has 0 aromatic heterocycles. The molecule has 0 aliphatic heterocycles. The van der Waals surface area contributed by atoms with Crippen LogP contribution in [0.4, 0.5) is 11.4 Å². The molecule has 5 nitrogen and oxygen atoms in total. The molecule has 1 N–H and O–H groups in total. The number of hydrogen-bond acceptors (Lipinski definition) is 3. The van der Waals surface area contributed by atoms with Crippen LogP contribution < -0.4 is 5.32 Å². The Labute approximate surface area is 139 Å². The smallest absolute Gasteiger partial charge is 0.270 e. The molecule has 22 heavy (non-hydrogen) atoms. The van der Waals surface area contributed by atoms with Gasteiger partial charge in [0.15, 0.2) is 0 Å². The Morgan fingerprint density at radius 3 is 2.50 bits per heavy atom. The van der Waals surface area contributed by atoms with Crippen LogP contribution in [0, 0.1) is 10.1 Å². The first-order chi connectivity index (χ1) is 10.5. The van der Waals surface area contributed by atoms with E-state index in [2.05, 4.69) is 21.2 Å². The summed E-state index contributed by atoms with van der Waals surface area (Å²) < 4.78 is 0.440. The summed E-state index contributed by atoms with van der Waals surface area (Å²) in [6.45, 7) is 0. The number of nitro benzene ring substituents is 1. The highest BCUT2D eigenvalue weighted by Gasteiger charge is 2.10. The minimum Gasteiger partial charge on any atom is -0.321 e. The third kappa shape index (κ3) is 4.41. The Morgan fingerprint density at radius 1 is 1.23 bits per heavy atom. The Morgan fingerprint density at radius 2 is 1.91 bits per heavy atom. The molecule has 2 aromatic rings. The molecule has 0 fully saturated rings. The zero-order chi connectivity index (χ0) is 16.1. The maximum atomic E-state index is 11.8. The Balaban J connectivity index is 2.05. The number of rotatable bonds is 4. The first-order valence-corrected chi connectivity index (χ1v) is 7.31. The summed E-state index contributed by atoms with van der Waals surface area (Å²) in [6, 6.07) is 11.2. The van der Waals surface area contributed by atoms with Crippen molar-refractivity contribution in [1.82, 2.24) is 0 Å². The summed E-state index contributed by atoms with van der Waals surface area (Å²) in [5, 5.41) is 13.9. The number of nitro groups is 1. The van der Waals surface area contributed by atoms with Gasteiger partial charge in [0.05, 0.1) is 10.6 Å². The first kappa shape index (κ1) is 16.2. The summed E-state index contributed by atoms with van der Waals surface area (Å²) in [5.41, 5.74) is 1.24. The number of amides is 1. The van der Waals surface area contributed by atoms with Crippen molar-refractivity contribution in [2.24, 2.45) is 0 Å². The molecule has 0 spiro atoms. The van der Waals surface area contributed by atoms with Gasteiger partial charge in [0, 0.05) is 27.7 Å². The number of halogens is 2. The van der Waals surface area contributed by atoms with Crippen molar-refractivity contribution in [1.29, 1.82) is 0 Å². The lowest BCUT2D eigenvalue weighted by Gasteiger charge is -2.04. The van der Waals surface area contributed by atoms with E-state index in [1.54, 1.807) is 30.3 Å². The molecule has 0 radical (unpaired) electrons. The van der Waals surface area contributed by atoms with Crippen LogP contribution in [-0.2, 0) is 4.79 Å². The van der Waals surface area contributed by atoms with E-state index in [9.17, 15) is 14.9 Å². The predicted molar refractivity (Wildman–Crippen MR) is 89.9 cm³/mol. The van der Waals surface area contributed by atoms with E-state index in [0.29, 0.717) is 15.2 Å². The zero-order valence-electron chi connectivity index (χ0n) is 11.1. The second kappa shape index (κ2) is 7.20. The topological polar surface area (TPSA) is 72.2 Å². The highest BCUT2D eigenvalue weighted by Crippen LogP contribution is 2.27. The molecule has 112 valence electrons. The van der Waals surface area contributed by atoms with E-state index >= 15 is 0 Å². The maximum Gasteiger partial charge on any atom is 0.270 e. The molecule has 1 amide bonds. The average molecular weight is 382 g/mol. The largest absolute Gasteiger partial charge is 0.321 e. The molecule has 0 unspecified atom stereocenters. The number of hydrogen-bond donors (Lipinski definition) is 1.